The third-order valence-electron chi connectivity index (χ3n) is 5.45. The number of nitrogens with one attached hydrogen (secondary N) is 2. The molecule has 0 aromatic heterocycles. The second-order valence-corrected chi connectivity index (χ2v) is 10.1. The minimum atomic E-state index is -5.08. The molecule has 2 aromatic rings. The maximum absolute atomic E-state index is 12.6. The third kappa shape index (κ3) is 9.76. The lowest BCUT2D eigenvalue weighted by Crippen LogP contribution is -2.49. The Labute approximate surface area is 223 Å². The van der Waals surface area contributed by atoms with Gasteiger partial charge in [0, 0.05) is 38.4 Å². The number of carbonyl (C=O) groups is 3. The van der Waals surface area contributed by atoms with Crippen LogP contribution in [0.1, 0.15) is 23.7 Å². The number of alkyl halides is 3. The fourth-order valence-electron chi connectivity index (χ4n) is 3.49. The highest BCUT2D eigenvalue weighted by molar-refractivity contribution is 7.92. The van der Waals surface area contributed by atoms with Crippen LogP contribution in [0.5, 0.6) is 0 Å². The molecular weight excluding hydrogens is 545 g/mol. The number of amides is 1. The maximum Gasteiger partial charge on any atom is 0.490 e. The molecule has 3 rings (SSSR count). The van der Waals surface area contributed by atoms with Gasteiger partial charge in [0.25, 0.3) is 10.0 Å². The highest BCUT2D eigenvalue weighted by Gasteiger charge is 2.38. The summed E-state index contributed by atoms with van der Waals surface area (Å²) in [7, 11) is -3.90. The Bertz CT molecular complexity index is 1250. The van der Waals surface area contributed by atoms with Gasteiger partial charge in [-0.05, 0) is 36.8 Å². The van der Waals surface area contributed by atoms with E-state index in [2.05, 4.69) is 14.9 Å². The molecule has 0 saturated carbocycles. The highest BCUT2D eigenvalue weighted by atomic mass is 32.2. The van der Waals surface area contributed by atoms with E-state index in [-0.39, 0.29) is 22.1 Å². The molecule has 0 unspecified atom stereocenters. The van der Waals surface area contributed by atoms with Crippen molar-refractivity contribution in [2.75, 3.05) is 48.9 Å². The molecule has 0 bridgehead atoms. The molecule has 39 heavy (non-hydrogen) atoms. The summed E-state index contributed by atoms with van der Waals surface area (Å²) in [5, 5.41) is 19.7. The van der Waals surface area contributed by atoms with Crippen molar-refractivity contribution < 1.29 is 46.2 Å². The number of hydrogen-bond acceptors (Lipinski definition) is 7. The predicted octanol–water partition coefficient (Wildman–Crippen LogP) is 2.47. The minimum absolute atomic E-state index is 0.00326. The largest absolute Gasteiger partial charge is 0.490 e. The lowest BCUT2D eigenvalue weighted by molar-refractivity contribution is -0.192. The van der Waals surface area contributed by atoms with Crippen LogP contribution in [-0.2, 0) is 19.6 Å². The highest BCUT2D eigenvalue weighted by Crippen LogP contribution is 2.26. The molecule has 15 heteroatoms. The van der Waals surface area contributed by atoms with Gasteiger partial charge in [-0.2, -0.15) is 13.2 Å². The molecule has 0 atom stereocenters. The summed E-state index contributed by atoms with van der Waals surface area (Å²) in [5.74, 6) is -3.97. The number of aliphatic carboxylic acids is 1. The number of benzene rings is 2. The van der Waals surface area contributed by atoms with Gasteiger partial charge in [0.1, 0.15) is 0 Å². The van der Waals surface area contributed by atoms with Gasteiger partial charge in [-0.25, -0.2) is 18.0 Å². The second kappa shape index (κ2) is 13.8. The number of anilines is 2. The van der Waals surface area contributed by atoms with Crippen molar-refractivity contribution in [3.63, 3.8) is 0 Å². The lowest BCUT2D eigenvalue weighted by Gasteiger charge is -2.36. The van der Waals surface area contributed by atoms with Crippen molar-refractivity contribution in [1.29, 1.82) is 0 Å². The molecule has 0 radical (unpaired) electrons. The molecule has 1 aliphatic heterocycles. The number of nitrogens with zero attached hydrogens (tertiary/aromatic N) is 2. The quantitative estimate of drug-likeness (QED) is 0.353. The van der Waals surface area contributed by atoms with E-state index in [1.165, 1.54) is 24.3 Å². The summed E-state index contributed by atoms with van der Waals surface area (Å²) >= 11 is 0. The first kappa shape index (κ1) is 31.4. The van der Waals surface area contributed by atoms with Crippen LogP contribution in [0.2, 0.25) is 0 Å². The summed E-state index contributed by atoms with van der Waals surface area (Å²) in [6.07, 6.45) is -4.19. The Morgan fingerprint density at radius 3 is 2.08 bits per heavy atom. The van der Waals surface area contributed by atoms with Crippen LogP contribution in [0.4, 0.5) is 24.5 Å². The lowest BCUT2D eigenvalue weighted by atomic mass is 10.1. The smallest absolute Gasteiger partial charge is 0.478 e. The van der Waals surface area contributed by atoms with E-state index in [9.17, 15) is 36.3 Å². The molecule has 0 aliphatic carbocycles. The molecule has 1 saturated heterocycles. The van der Waals surface area contributed by atoms with Crippen molar-refractivity contribution in [3.05, 3.63) is 54.1 Å². The van der Waals surface area contributed by atoms with Crippen LogP contribution in [0.15, 0.2) is 53.4 Å². The number of piperazine rings is 1. The summed E-state index contributed by atoms with van der Waals surface area (Å²) < 4.78 is 59.3. The number of carboxylic acid groups (broad SMARTS) is 2. The zero-order valence-corrected chi connectivity index (χ0v) is 21.8. The zero-order chi connectivity index (χ0) is 29.2. The first-order valence-corrected chi connectivity index (χ1v) is 13.2. The van der Waals surface area contributed by atoms with Crippen LogP contribution in [-0.4, -0.2) is 86.8 Å². The van der Waals surface area contributed by atoms with Crippen LogP contribution >= 0.6 is 0 Å². The summed E-state index contributed by atoms with van der Waals surface area (Å²) in [6.45, 7) is 5.62. The van der Waals surface area contributed by atoms with Gasteiger partial charge >= 0.3 is 18.1 Å². The molecule has 1 heterocycles. The summed E-state index contributed by atoms with van der Waals surface area (Å²) in [6, 6.07) is 12.5. The number of halogens is 3. The van der Waals surface area contributed by atoms with Crippen LogP contribution in [0, 0.1) is 0 Å². The number of aromatic carboxylic acids is 1. The van der Waals surface area contributed by atoms with Crippen molar-refractivity contribution in [3.8, 4) is 0 Å². The Kier molecular flexibility index (Phi) is 11.1. The van der Waals surface area contributed by atoms with Gasteiger partial charge in [-0.1, -0.05) is 25.1 Å². The Hall–Kier alpha value is -3.85. The average molecular weight is 575 g/mol. The maximum atomic E-state index is 12.6. The minimum Gasteiger partial charge on any atom is -0.478 e. The van der Waals surface area contributed by atoms with Crippen molar-refractivity contribution in [2.24, 2.45) is 0 Å². The number of rotatable bonds is 9. The monoisotopic (exact) mass is 574 g/mol. The van der Waals surface area contributed by atoms with E-state index >= 15 is 0 Å². The third-order valence-corrected chi connectivity index (χ3v) is 6.83. The second-order valence-electron chi connectivity index (χ2n) is 8.37. The molecule has 4 N–H and O–H groups in total. The SMILES string of the molecule is CCCNC(=O)CN1CCN(c2ccc(NS(=O)(=O)c3ccccc3)c(C(=O)O)c2)CC1.O=C(O)C(F)(F)F. The Balaban J connectivity index is 0.000000673. The molecule has 1 fully saturated rings. The fraction of sp³-hybridized carbons (Fsp3) is 0.375. The average Bonchev–Trinajstić information content (AvgIpc) is 2.88. The first-order valence-electron chi connectivity index (χ1n) is 11.7. The molecule has 1 amide bonds. The molecule has 11 nitrogen and oxygen atoms in total. The van der Waals surface area contributed by atoms with Crippen molar-refractivity contribution in [2.45, 2.75) is 24.4 Å². The van der Waals surface area contributed by atoms with Gasteiger partial charge in [0.2, 0.25) is 5.91 Å². The van der Waals surface area contributed by atoms with E-state index < -0.39 is 28.1 Å². The first-order chi connectivity index (χ1) is 18.2. The molecule has 0 spiro atoms. The standard InChI is InChI=1S/C22H28N4O5S.C2HF3O2/c1-2-10-23-21(27)16-25-11-13-26(14-12-25)17-8-9-20(19(15-17)22(28)29)24-32(30,31)18-6-4-3-5-7-18;3-2(4,5)1(6)7/h3-9,15,24H,2,10-14,16H2,1H3,(H,23,27)(H,28,29);(H,6,7). The van der Waals surface area contributed by atoms with E-state index in [1.807, 2.05) is 11.8 Å². The number of carbonyl (C=O) groups excluding carboxylic acids is 1. The topological polar surface area (TPSA) is 156 Å². The van der Waals surface area contributed by atoms with E-state index in [1.54, 1.807) is 24.3 Å². The predicted molar refractivity (Wildman–Crippen MR) is 136 cm³/mol. The van der Waals surface area contributed by atoms with Gasteiger partial charge in [0.05, 0.1) is 22.7 Å². The molecule has 1 aliphatic rings. The van der Waals surface area contributed by atoms with E-state index in [0.717, 1.165) is 6.42 Å². The fourth-order valence-corrected chi connectivity index (χ4v) is 4.59. The zero-order valence-electron chi connectivity index (χ0n) is 20.9. The summed E-state index contributed by atoms with van der Waals surface area (Å²) in [5.41, 5.74) is 0.583. The normalized spacial score (nSPS) is 14.1. The van der Waals surface area contributed by atoms with E-state index in [4.69, 9.17) is 9.90 Å². The van der Waals surface area contributed by atoms with Gasteiger partial charge < -0.3 is 20.4 Å². The molecule has 2 aromatic carbocycles. The van der Waals surface area contributed by atoms with Crippen LogP contribution in [0.25, 0.3) is 0 Å². The Morgan fingerprint density at radius 1 is 0.974 bits per heavy atom. The van der Waals surface area contributed by atoms with Crippen molar-refractivity contribution >= 4 is 39.2 Å². The van der Waals surface area contributed by atoms with Gasteiger partial charge in [-0.15, -0.1) is 0 Å². The van der Waals surface area contributed by atoms with Crippen LogP contribution < -0.4 is 14.9 Å². The van der Waals surface area contributed by atoms with Gasteiger partial charge in [-0.3, -0.25) is 14.4 Å². The number of hydrogen-bond donors (Lipinski definition) is 4. The molecule has 214 valence electrons. The summed E-state index contributed by atoms with van der Waals surface area (Å²) in [4.78, 5) is 36.8. The molecular formula is C24H29F3N4O7S. The Morgan fingerprint density at radius 2 is 1.56 bits per heavy atom. The van der Waals surface area contributed by atoms with Crippen molar-refractivity contribution in [1.82, 2.24) is 10.2 Å². The van der Waals surface area contributed by atoms with Gasteiger partial charge in [0.15, 0.2) is 0 Å². The van der Waals surface area contributed by atoms with Crippen LogP contribution in [0.3, 0.4) is 0 Å². The van der Waals surface area contributed by atoms with E-state index in [0.29, 0.717) is 45.0 Å². The number of sulfonamides is 1. The number of carboxylic acids is 2.